The maximum atomic E-state index is 12.8. The van der Waals surface area contributed by atoms with Crippen molar-refractivity contribution < 1.29 is 28.6 Å². The first-order valence-electron chi connectivity index (χ1n) is 7.96. The van der Waals surface area contributed by atoms with Crippen LogP contribution in [0, 0.1) is 0 Å². The van der Waals surface area contributed by atoms with Crippen molar-refractivity contribution in [2.45, 2.75) is 51.5 Å². The van der Waals surface area contributed by atoms with Crippen molar-refractivity contribution in [3.05, 3.63) is 24.5 Å². The van der Waals surface area contributed by atoms with Gasteiger partial charge < -0.3 is 19.1 Å². The molecule has 1 unspecified atom stereocenters. The minimum absolute atomic E-state index is 0.416. The van der Waals surface area contributed by atoms with Crippen LogP contribution in [-0.2, 0) is 28.6 Å². The maximum Gasteiger partial charge on any atom is 0.347 e. The maximum absolute atomic E-state index is 12.8. The second-order valence-corrected chi connectivity index (χ2v) is 6.18. The van der Waals surface area contributed by atoms with Crippen LogP contribution in [0.15, 0.2) is 24.5 Å². The van der Waals surface area contributed by atoms with Gasteiger partial charge in [-0.05, 0) is 39.8 Å². The van der Waals surface area contributed by atoms with Crippen LogP contribution in [0.3, 0.4) is 0 Å². The summed E-state index contributed by atoms with van der Waals surface area (Å²) in [5.41, 5.74) is -1.50. The Labute approximate surface area is 146 Å². The SMILES string of the molecule is COC(=O)C1N(c2cccnc2)C1(C(=O)OC(C)C)C(=O)OC(C)C. The van der Waals surface area contributed by atoms with E-state index >= 15 is 0 Å². The molecule has 1 aliphatic heterocycles. The molecule has 1 aromatic heterocycles. The van der Waals surface area contributed by atoms with Gasteiger partial charge in [0.15, 0.2) is 6.04 Å². The Bertz CT molecular complexity index is 636. The average molecular weight is 350 g/mol. The molecule has 0 bridgehead atoms. The minimum Gasteiger partial charge on any atom is -0.467 e. The highest BCUT2D eigenvalue weighted by atomic mass is 16.6. The van der Waals surface area contributed by atoms with Crippen LogP contribution in [0.5, 0.6) is 0 Å². The molecule has 2 rings (SSSR count). The molecule has 8 heteroatoms. The van der Waals surface area contributed by atoms with Gasteiger partial charge in [-0.15, -0.1) is 0 Å². The van der Waals surface area contributed by atoms with Gasteiger partial charge in [-0.1, -0.05) is 0 Å². The zero-order valence-corrected chi connectivity index (χ0v) is 14.9. The second kappa shape index (κ2) is 7.08. The second-order valence-electron chi connectivity index (χ2n) is 6.18. The molecule has 1 saturated heterocycles. The van der Waals surface area contributed by atoms with Crippen LogP contribution in [0.2, 0.25) is 0 Å². The summed E-state index contributed by atoms with van der Waals surface area (Å²) in [4.78, 5) is 43.1. The molecule has 2 heterocycles. The van der Waals surface area contributed by atoms with Crippen LogP contribution in [-0.4, -0.2) is 53.8 Å². The molecular formula is C17H22N2O6. The van der Waals surface area contributed by atoms with Crippen molar-refractivity contribution >= 4 is 23.6 Å². The van der Waals surface area contributed by atoms with Crippen molar-refractivity contribution in [3.8, 4) is 0 Å². The van der Waals surface area contributed by atoms with Gasteiger partial charge in [-0.2, -0.15) is 0 Å². The van der Waals surface area contributed by atoms with E-state index < -0.39 is 41.7 Å². The third kappa shape index (κ3) is 3.29. The quantitative estimate of drug-likeness (QED) is 0.326. The molecule has 0 radical (unpaired) electrons. The molecule has 0 N–H and O–H groups in total. The number of methoxy groups -OCH3 is 1. The summed E-state index contributed by atoms with van der Waals surface area (Å²) < 4.78 is 15.3. The van der Waals surface area contributed by atoms with E-state index in [9.17, 15) is 14.4 Å². The highest BCUT2D eigenvalue weighted by Gasteiger charge is 2.80. The van der Waals surface area contributed by atoms with Crippen molar-refractivity contribution in [3.63, 3.8) is 0 Å². The summed E-state index contributed by atoms with van der Waals surface area (Å²) in [7, 11) is 1.19. The zero-order chi connectivity index (χ0) is 18.8. The van der Waals surface area contributed by atoms with Gasteiger partial charge in [0.2, 0.25) is 0 Å². The Morgan fingerprint density at radius 3 is 2.08 bits per heavy atom. The lowest BCUT2D eigenvalue weighted by Crippen LogP contribution is -2.45. The number of esters is 3. The number of carbonyl (C=O) groups is 3. The van der Waals surface area contributed by atoms with Gasteiger partial charge in [-0.25, -0.2) is 14.4 Å². The first-order valence-corrected chi connectivity index (χ1v) is 7.96. The Balaban J connectivity index is 2.52. The molecule has 8 nitrogen and oxygen atoms in total. The summed E-state index contributed by atoms with van der Waals surface area (Å²) in [6.45, 7) is 6.62. The van der Waals surface area contributed by atoms with Gasteiger partial charge in [0.05, 0.1) is 31.2 Å². The molecule has 0 aromatic carbocycles. The normalized spacial score (nSPS) is 18.0. The Kier molecular flexibility index (Phi) is 5.30. The average Bonchev–Trinajstić information content (AvgIpc) is 3.25. The minimum atomic E-state index is -1.91. The van der Waals surface area contributed by atoms with E-state index in [0.29, 0.717) is 5.69 Å². The number of nitrogens with zero attached hydrogens (tertiary/aromatic N) is 2. The van der Waals surface area contributed by atoms with E-state index in [0.717, 1.165) is 0 Å². The first kappa shape index (κ1) is 18.7. The summed E-state index contributed by atoms with van der Waals surface area (Å²) in [6, 6.07) is 2.10. The summed E-state index contributed by atoms with van der Waals surface area (Å²) in [5.74, 6) is -2.44. The van der Waals surface area contributed by atoms with Crippen LogP contribution in [0.1, 0.15) is 27.7 Å². The largest absolute Gasteiger partial charge is 0.467 e. The molecule has 0 aliphatic carbocycles. The Morgan fingerprint density at radius 1 is 1.12 bits per heavy atom. The predicted molar refractivity (Wildman–Crippen MR) is 87.7 cm³/mol. The number of ether oxygens (including phenoxy) is 3. The molecule has 1 aliphatic rings. The molecule has 1 aromatic rings. The van der Waals surface area contributed by atoms with Crippen LogP contribution >= 0.6 is 0 Å². The molecule has 0 amide bonds. The summed E-state index contributed by atoms with van der Waals surface area (Å²) in [5, 5.41) is 0. The van der Waals surface area contributed by atoms with E-state index in [-0.39, 0.29) is 0 Å². The lowest BCUT2D eigenvalue weighted by Gasteiger charge is -2.19. The lowest BCUT2D eigenvalue weighted by molar-refractivity contribution is -0.165. The lowest BCUT2D eigenvalue weighted by atomic mass is 10.1. The zero-order valence-electron chi connectivity index (χ0n) is 14.9. The fourth-order valence-corrected chi connectivity index (χ4v) is 2.64. The molecule has 0 saturated carbocycles. The smallest absolute Gasteiger partial charge is 0.347 e. The Hall–Kier alpha value is -2.64. The molecule has 1 fully saturated rings. The van der Waals surface area contributed by atoms with Gasteiger partial charge in [0.1, 0.15) is 0 Å². The Morgan fingerprint density at radius 2 is 1.68 bits per heavy atom. The standard InChI is InChI=1S/C17H22N2O6/c1-10(2)24-15(21)17(16(22)25-11(3)4)13(14(20)23-5)19(17)12-7-6-8-18-9-12/h6-11,13H,1-5H3. The van der Waals surface area contributed by atoms with E-state index in [1.165, 1.54) is 18.2 Å². The van der Waals surface area contributed by atoms with E-state index in [1.807, 2.05) is 0 Å². The van der Waals surface area contributed by atoms with Crippen LogP contribution < -0.4 is 4.90 Å². The number of anilines is 1. The summed E-state index contributed by atoms with van der Waals surface area (Å²) in [6.07, 6.45) is 2.06. The number of rotatable bonds is 6. The monoisotopic (exact) mass is 350 g/mol. The topological polar surface area (TPSA) is 94.8 Å². The molecule has 1 atom stereocenters. The van der Waals surface area contributed by atoms with Crippen LogP contribution in [0.4, 0.5) is 5.69 Å². The third-order valence-electron chi connectivity index (χ3n) is 3.62. The predicted octanol–water partition coefficient (Wildman–Crippen LogP) is 1.09. The van der Waals surface area contributed by atoms with Crippen molar-refractivity contribution in [2.24, 2.45) is 0 Å². The summed E-state index contributed by atoms with van der Waals surface area (Å²) >= 11 is 0. The molecule has 0 spiro atoms. The van der Waals surface area contributed by atoms with Crippen molar-refractivity contribution in [2.75, 3.05) is 12.0 Å². The van der Waals surface area contributed by atoms with Crippen molar-refractivity contribution in [1.82, 2.24) is 4.98 Å². The fourth-order valence-electron chi connectivity index (χ4n) is 2.64. The van der Waals surface area contributed by atoms with Gasteiger partial charge in [-0.3, -0.25) is 4.98 Å². The third-order valence-corrected chi connectivity index (χ3v) is 3.62. The van der Waals surface area contributed by atoms with Gasteiger partial charge >= 0.3 is 17.9 Å². The van der Waals surface area contributed by atoms with E-state index in [1.54, 1.807) is 46.0 Å². The molecule has 136 valence electrons. The van der Waals surface area contributed by atoms with Crippen molar-refractivity contribution in [1.29, 1.82) is 0 Å². The fraction of sp³-hybridized carbons (Fsp3) is 0.529. The van der Waals surface area contributed by atoms with E-state index in [2.05, 4.69) is 4.98 Å². The number of carbonyl (C=O) groups excluding carboxylic acids is 3. The highest BCUT2D eigenvalue weighted by Crippen LogP contribution is 2.48. The molecule has 25 heavy (non-hydrogen) atoms. The van der Waals surface area contributed by atoms with Gasteiger partial charge in [0.25, 0.3) is 5.54 Å². The molecular weight excluding hydrogens is 328 g/mol. The highest BCUT2D eigenvalue weighted by molar-refractivity contribution is 6.21. The van der Waals surface area contributed by atoms with E-state index in [4.69, 9.17) is 14.2 Å². The number of pyridine rings is 1. The van der Waals surface area contributed by atoms with Crippen LogP contribution in [0.25, 0.3) is 0 Å². The number of hydrogen-bond donors (Lipinski definition) is 0. The number of hydrogen-bond acceptors (Lipinski definition) is 8. The number of aromatic nitrogens is 1. The first-order chi connectivity index (χ1) is 11.8. The van der Waals surface area contributed by atoms with Gasteiger partial charge in [0, 0.05) is 6.20 Å².